The Hall–Kier alpha value is -1.24. The van der Waals surface area contributed by atoms with Gasteiger partial charge in [0, 0.05) is 37.4 Å². The van der Waals surface area contributed by atoms with Gasteiger partial charge in [0.15, 0.2) is 0 Å². The zero-order valence-electron chi connectivity index (χ0n) is 13.2. The van der Waals surface area contributed by atoms with Crippen molar-refractivity contribution in [2.24, 2.45) is 5.73 Å². The summed E-state index contributed by atoms with van der Waals surface area (Å²) in [7, 11) is 3.37. The first-order valence-electron chi connectivity index (χ1n) is 6.82. The van der Waals surface area contributed by atoms with Crippen LogP contribution in [-0.2, 0) is 9.47 Å². The Labute approximate surface area is 131 Å². The quantitative estimate of drug-likeness (QED) is 0.415. The third-order valence-corrected chi connectivity index (χ3v) is 4.06. The van der Waals surface area contributed by atoms with E-state index in [9.17, 15) is 0 Å². The van der Waals surface area contributed by atoms with Gasteiger partial charge in [-0.2, -0.15) is 0 Å². The lowest BCUT2D eigenvalue weighted by atomic mass is 10.1. The van der Waals surface area contributed by atoms with Gasteiger partial charge >= 0.3 is 0 Å². The molecule has 1 unspecified atom stereocenters. The Kier molecular flexibility index (Phi) is 7.56. The van der Waals surface area contributed by atoms with Crippen molar-refractivity contribution in [1.29, 1.82) is 5.41 Å². The smallest absolute Gasteiger partial charge is 0.126 e. The molecule has 3 N–H and O–H groups in total. The van der Waals surface area contributed by atoms with Crippen molar-refractivity contribution in [3.8, 4) is 0 Å². The molecule has 1 aromatic carbocycles. The van der Waals surface area contributed by atoms with Gasteiger partial charge in [0.05, 0.1) is 18.8 Å². The molecule has 0 saturated carbocycles. The van der Waals surface area contributed by atoms with Crippen molar-refractivity contribution in [3.63, 3.8) is 0 Å². The van der Waals surface area contributed by atoms with Crippen molar-refractivity contribution < 1.29 is 9.47 Å². The van der Waals surface area contributed by atoms with E-state index in [0.29, 0.717) is 13.2 Å². The summed E-state index contributed by atoms with van der Waals surface area (Å²) < 4.78 is 10.5. The van der Waals surface area contributed by atoms with Crippen LogP contribution in [0.5, 0.6) is 0 Å². The minimum absolute atomic E-state index is 0.0852. The summed E-state index contributed by atoms with van der Waals surface area (Å²) in [5, 5.41) is 7.91. The second kappa shape index (κ2) is 8.92. The van der Waals surface area contributed by atoms with Crippen LogP contribution in [0.4, 0.5) is 5.69 Å². The fourth-order valence-electron chi connectivity index (χ4n) is 2.30. The first-order chi connectivity index (χ1) is 10.1. The maximum atomic E-state index is 7.91. The normalized spacial score (nSPS) is 12.2. The zero-order valence-corrected chi connectivity index (χ0v) is 14.0. The lowest BCUT2D eigenvalue weighted by molar-refractivity contribution is 0.171. The number of methoxy groups -OCH3 is 2. The number of nitrogens with zero attached hydrogens (tertiary/aromatic N) is 1. The predicted molar refractivity (Wildman–Crippen MR) is 89.8 cm³/mol. The van der Waals surface area contributed by atoms with Crippen molar-refractivity contribution >= 4 is 23.3 Å². The standard InChI is InChI=1S/C15H25N3O2S/c1-11(10-20-3)18(8-9-19-2)12-6-5-7-13(21-4)14(12)15(16)17/h5-7,11H,8-10H2,1-4H3,(H3,16,17). The van der Waals surface area contributed by atoms with Crippen LogP contribution in [0.15, 0.2) is 23.1 Å². The molecule has 5 nitrogen and oxygen atoms in total. The molecule has 0 aliphatic heterocycles. The number of rotatable bonds is 9. The van der Waals surface area contributed by atoms with Crippen LogP contribution < -0.4 is 10.6 Å². The van der Waals surface area contributed by atoms with Crippen LogP contribution >= 0.6 is 11.8 Å². The number of anilines is 1. The molecule has 118 valence electrons. The van der Waals surface area contributed by atoms with Gasteiger partial charge in [0.25, 0.3) is 0 Å². The number of nitrogen functional groups attached to an aromatic ring is 1. The second-order valence-electron chi connectivity index (χ2n) is 4.76. The van der Waals surface area contributed by atoms with Crippen molar-refractivity contribution in [2.75, 3.05) is 45.1 Å². The maximum absolute atomic E-state index is 7.91. The molecule has 1 rings (SSSR count). The van der Waals surface area contributed by atoms with Gasteiger partial charge < -0.3 is 20.1 Å². The molecule has 0 heterocycles. The van der Waals surface area contributed by atoms with Gasteiger partial charge in [-0.3, -0.25) is 5.41 Å². The fourth-order valence-corrected chi connectivity index (χ4v) is 2.93. The minimum Gasteiger partial charge on any atom is -0.384 e. The third-order valence-electron chi connectivity index (χ3n) is 3.28. The van der Waals surface area contributed by atoms with Gasteiger partial charge in [-0.05, 0) is 25.3 Å². The first-order valence-corrected chi connectivity index (χ1v) is 8.05. The molecule has 0 aromatic heterocycles. The molecule has 1 atom stereocenters. The van der Waals surface area contributed by atoms with Gasteiger partial charge in [0.2, 0.25) is 0 Å². The largest absolute Gasteiger partial charge is 0.384 e. The van der Waals surface area contributed by atoms with E-state index in [0.717, 1.165) is 22.7 Å². The summed E-state index contributed by atoms with van der Waals surface area (Å²) >= 11 is 1.59. The van der Waals surface area contributed by atoms with E-state index >= 15 is 0 Å². The number of hydrogen-bond acceptors (Lipinski definition) is 5. The van der Waals surface area contributed by atoms with E-state index in [1.54, 1.807) is 26.0 Å². The number of thioether (sulfide) groups is 1. The van der Waals surface area contributed by atoms with Crippen LogP contribution in [0.1, 0.15) is 12.5 Å². The highest BCUT2D eigenvalue weighted by atomic mass is 32.2. The van der Waals surface area contributed by atoms with Crippen molar-refractivity contribution in [2.45, 2.75) is 17.9 Å². The molecule has 21 heavy (non-hydrogen) atoms. The van der Waals surface area contributed by atoms with E-state index in [1.807, 2.05) is 24.5 Å². The summed E-state index contributed by atoms with van der Waals surface area (Å²) in [6, 6.07) is 6.14. The van der Waals surface area contributed by atoms with Crippen molar-refractivity contribution in [1.82, 2.24) is 0 Å². The maximum Gasteiger partial charge on any atom is 0.126 e. The topological polar surface area (TPSA) is 71.6 Å². The molecule has 0 bridgehead atoms. The Morgan fingerprint density at radius 2 is 2.10 bits per heavy atom. The van der Waals surface area contributed by atoms with Crippen LogP contribution in [0.2, 0.25) is 0 Å². The van der Waals surface area contributed by atoms with E-state index in [-0.39, 0.29) is 11.9 Å². The molecule has 6 heteroatoms. The Balaban J connectivity index is 3.25. The fraction of sp³-hybridized carbons (Fsp3) is 0.533. The number of amidine groups is 1. The Morgan fingerprint density at radius 1 is 1.38 bits per heavy atom. The highest BCUT2D eigenvalue weighted by molar-refractivity contribution is 7.98. The van der Waals surface area contributed by atoms with E-state index < -0.39 is 0 Å². The molecule has 0 fully saturated rings. The molecule has 0 saturated heterocycles. The molecular formula is C15H25N3O2S. The van der Waals surface area contributed by atoms with Gasteiger partial charge in [0.1, 0.15) is 5.84 Å². The molecule has 0 spiro atoms. The van der Waals surface area contributed by atoms with E-state index in [2.05, 4.69) is 11.8 Å². The number of ether oxygens (including phenoxy) is 2. The van der Waals surface area contributed by atoms with Gasteiger partial charge in [-0.15, -0.1) is 11.8 Å². The average molecular weight is 311 g/mol. The molecule has 0 aliphatic rings. The van der Waals surface area contributed by atoms with E-state index in [1.165, 1.54) is 0 Å². The van der Waals surface area contributed by atoms with Crippen LogP contribution in [-0.4, -0.2) is 52.1 Å². The molecule has 0 radical (unpaired) electrons. The monoisotopic (exact) mass is 311 g/mol. The molecular weight excluding hydrogens is 286 g/mol. The first kappa shape index (κ1) is 17.8. The second-order valence-corrected chi connectivity index (χ2v) is 5.61. The summed E-state index contributed by atoms with van der Waals surface area (Å²) in [5.41, 5.74) is 7.55. The Bertz CT molecular complexity index is 468. The van der Waals surface area contributed by atoms with Crippen LogP contribution in [0.25, 0.3) is 0 Å². The Morgan fingerprint density at radius 3 is 2.62 bits per heavy atom. The van der Waals surface area contributed by atoms with Crippen molar-refractivity contribution in [3.05, 3.63) is 23.8 Å². The lowest BCUT2D eigenvalue weighted by Gasteiger charge is -2.33. The average Bonchev–Trinajstić information content (AvgIpc) is 2.47. The SMILES string of the molecule is COCCN(c1cccc(SC)c1C(=N)N)C(C)COC. The zero-order chi connectivity index (χ0) is 15.8. The minimum atomic E-state index is 0.0852. The van der Waals surface area contributed by atoms with Crippen LogP contribution in [0.3, 0.4) is 0 Å². The number of nitrogens with one attached hydrogen (secondary N) is 1. The lowest BCUT2D eigenvalue weighted by Crippen LogP contribution is -2.40. The molecule has 0 amide bonds. The molecule has 1 aromatic rings. The summed E-state index contributed by atoms with van der Waals surface area (Å²) in [6.45, 7) is 4.02. The van der Waals surface area contributed by atoms with E-state index in [4.69, 9.17) is 20.6 Å². The third kappa shape index (κ3) is 4.62. The highest BCUT2D eigenvalue weighted by Gasteiger charge is 2.20. The number of benzene rings is 1. The van der Waals surface area contributed by atoms with Gasteiger partial charge in [-0.25, -0.2) is 0 Å². The summed E-state index contributed by atoms with van der Waals surface area (Å²) in [5.74, 6) is 0.0852. The number of hydrogen-bond donors (Lipinski definition) is 2. The van der Waals surface area contributed by atoms with Gasteiger partial charge in [-0.1, -0.05) is 6.07 Å². The highest BCUT2D eigenvalue weighted by Crippen LogP contribution is 2.30. The summed E-state index contributed by atoms with van der Waals surface area (Å²) in [6.07, 6.45) is 1.99. The predicted octanol–water partition coefficient (Wildman–Crippen LogP) is 2.18. The summed E-state index contributed by atoms with van der Waals surface area (Å²) in [4.78, 5) is 3.19. The number of nitrogens with two attached hydrogens (primary N) is 1. The molecule has 0 aliphatic carbocycles. The van der Waals surface area contributed by atoms with Crippen LogP contribution in [0, 0.1) is 5.41 Å².